The third-order valence-electron chi connectivity index (χ3n) is 2.29. The Hall–Kier alpha value is -0.610. The molecule has 0 heterocycles. The quantitative estimate of drug-likeness (QED) is 0.582. The molecule has 0 bridgehead atoms. The van der Waals surface area contributed by atoms with Gasteiger partial charge in [0.1, 0.15) is 0 Å². The first kappa shape index (κ1) is 14.4. The second kappa shape index (κ2) is 8.68. The minimum atomic E-state index is -0.329. The Morgan fingerprint density at radius 3 is 2.60 bits per heavy atom. The second-order valence-corrected chi connectivity index (χ2v) is 4.20. The summed E-state index contributed by atoms with van der Waals surface area (Å²) in [5.41, 5.74) is 5.72. The Balaban J connectivity index is 3.47. The van der Waals surface area contributed by atoms with E-state index >= 15 is 0 Å². The van der Waals surface area contributed by atoms with Gasteiger partial charge in [0.2, 0.25) is 5.91 Å². The number of nitrogens with one attached hydrogen (secondary N) is 1. The van der Waals surface area contributed by atoms with Crippen molar-refractivity contribution in [1.29, 1.82) is 0 Å². The maximum atomic E-state index is 11.4. The molecule has 0 aliphatic carbocycles. The van der Waals surface area contributed by atoms with E-state index in [1.807, 2.05) is 14.1 Å². The third kappa shape index (κ3) is 8.39. The van der Waals surface area contributed by atoms with Gasteiger partial charge in [0.25, 0.3) is 0 Å². The third-order valence-corrected chi connectivity index (χ3v) is 2.29. The molecule has 0 aliphatic heterocycles. The van der Waals surface area contributed by atoms with Crippen LogP contribution in [0.25, 0.3) is 0 Å². The zero-order valence-corrected chi connectivity index (χ0v) is 10.3. The number of nitrogens with two attached hydrogens (primary N) is 1. The van der Waals surface area contributed by atoms with Crippen LogP contribution < -0.4 is 11.1 Å². The van der Waals surface area contributed by atoms with E-state index in [2.05, 4.69) is 17.1 Å². The minimum absolute atomic E-state index is 0.0118. The van der Waals surface area contributed by atoms with Gasteiger partial charge in [-0.25, -0.2) is 0 Å². The monoisotopic (exact) mass is 215 g/mol. The van der Waals surface area contributed by atoms with Crippen molar-refractivity contribution in [2.75, 3.05) is 27.2 Å². The first-order valence-electron chi connectivity index (χ1n) is 5.76. The van der Waals surface area contributed by atoms with E-state index in [-0.39, 0.29) is 11.9 Å². The molecule has 0 saturated carbocycles. The van der Waals surface area contributed by atoms with Crippen LogP contribution in [0.15, 0.2) is 0 Å². The molecular formula is C11H25N3O. The maximum absolute atomic E-state index is 11.4. The lowest BCUT2D eigenvalue weighted by atomic mass is 10.1. The Morgan fingerprint density at radius 2 is 2.07 bits per heavy atom. The molecule has 1 atom stereocenters. The smallest absolute Gasteiger partial charge is 0.236 e. The van der Waals surface area contributed by atoms with Crippen LogP contribution in [-0.4, -0.2) is 44.0 Å². The Kier molecular flexibility index (Phi) is 8.33. The predicted octanol–water partition coefficient (Wildman–Crippen LogP) is 0.572. The van der Waals surface area contributed by atoms with Crippen molar-refractivity contribution in [1.82, 2.24) is 10.2 Å². The van der Waals surface area contributed by atoms with Gasteiger partial charge >= 0.3 is 0 Å². The average Bonchev–Trinajstić information content (AvgIpc) is 2.20. The molecule has 15 heavy (non-hydrogen) atoms. The largest absolute Gasteiger partial charge is 0.355 e. The van der Waals surface area contributed by atoms with Gasteiger partial charge in [-0.3, -0.25) is 4.79 Å². The normalized spacial score (nSPS) is 12.9. The second-order valence-electron chi connectivity index (χ2n) is 4.20. The van der Waals surface area contributed by atoms with Crippen LogP contribution in [0.5, 0.6) is 0 Å². The van der Waals surface area contributed by atoms with Crippen LogP contribution in [-0.2, 0) is 4.79 Å². The first-order valence-corrected chi connectivity index (χ1v) is 5.76. The number of nitrogens with zero attached hydrogens (tertiary/aromatic N) is 1. The van der Waals surface area contributed by atoms with Crippen molar-refractivity contribution < 1.29 is 4.79 Å². The number of unbranched alkanes of at least 4 members (excludes halogenated alkanes) is 1. The van der Waals surface area contributed by atoms with Crippen LogP contribution in [0.2, 0.25) is 0 Å². The highest BCUT2D eigenvalue weighted by atomic mass is 16.2. The van der Waals surface area contributed by atoms with E-state index in [1.165, 1.54) is 0 Å². The van der Waals surface area contributed by atoms with Crippen LogP contribution in [0.1, 0.15) is 32.6 Å². The molecule has 0 fully saturated rings. The summed E-state index contributed by atoms with van der Waals surface area (Å²) in [4.78, 5) is 13.5. The molecule has 0 aromatic rings. The number of rotatable bonds is 8. The highest BCUT2D eigenvalue weighted by Gasteiger charge is 2.11. The molecule has 90 valence electrons. The van der Waals surface area contributed by atoms with Crippen molar-refractivity contribution in [2.45, 2.75) is 38.6 Å². The molecule has 0 aliphatic rings. The van der Waals surface area contributed by atoms with Crippen molar-refractivity contribution in [3.63, 3.8) is 0 Å². The summed E-state index contributed by atoms with van der Waals surface area (Å²) in [7, 11) is 4.05. The van der Waals surface area contributed by atoms with Gasteiger partial charge in [0.15, 0.2) is 0 Å². The summed E-state index contributed by atoms with van der Waals surface area (Å²) in [5.74, 6) is -0.0118. The highest BCUT2D eigenvalue weighted by Crippen LogP contribution is 1.97. The van der Waals surface area contributed by atoms with Gasteiger partial charge in [0.05, 0.1) is 6.04 Å². The number of carbonyl (C=O) groups is 1. The fraction of sp³-hybridized carbons (Fsp3) is 0.909. The standard InChI is InChI=1S/C11H25N3O/c1-4-5-7-10(12)11(15)13-8-6-9-14(2)3/h10H,4-9,12H2,1-3H3,(H,13,15)/t10-/m0/s1. The van der Waals surface area contributed by atoms with E-state index in [1.54, 1.807) is 0 Å². The molecule has 4 nitrogen and oxygen atoms in total. The van der Waals surface area contributed by atoms with E-state index in [0.29, 0.717) is 0 Å². The summed E-state index contributed by atoms with van der Waals surface area (Å²) >= 11 is 0. The summed E-state index contributed by atoms with van der Waals surface area (Å²) in [6.45, 7) is 3.81. The van der Waals surface area contributed by atoms with Gasteiger partial charge in [-0.05, 0) is 33.5 Å². The molecule has 0 spiro atoms. The van der Waals surface area contributed by atoms with E-state index in [0.717, 1.165) is 38.8 Å². The van der Waals surface area contributed by atoms with Crippen molar-refractivity contribution in [2.24, 2.45) is 5.73 Å². The number of carbonyl (C=O) groups excluding carboxylic acids is 1. The van der Waals surface area contributed by atoms with Crippen LogP contribution >= 0.6 is 0 Å². The van der Waals surface area contributed by atoms with Gasteiger partial charge < -0.3 is 16.0 Å². The molecule has 0 saturated heterocycles. The SMILES string of the molecule is CCCC[C@H](N)C(=O)NCCCN(C)C. The zero-order chi connectivity index (χ0) is 11.7. The first-order chi connectivity index (χ1) is 7.07. The molecule has 0 unspecified atom stereocenters. The average molecular weight is 215 g/mol. The van der Waals surface area contributed by atoms with E-state index in [4.69, 9.17) is 5.73 Å². The lowest BCUT2D eigenvalue weighted by Crippen LogP contribution is -2.41. The molecule has 0 radical (unpaired) electrons. The Bertz CT molecular complexity index is 171. The molecule has 0 aromatic carbocycles. The molecule has 0 rings (SSSR count). The Labute approximate surface area is 93.2 Å². The van der Waals surface area contributed by atoms with Crippen LogP contribution in [0.3, 0.4) is 0 Å². The lowest BCUT2D eigenvalue weighted by molar-refractivity contribution is -0.122. The van der Waals surface area contributed by atoms with Crippen molar-refractivity contribution >= 4 is 5.91 Å². The topological polar surface area (TPSA) is 58.4 Å². The summed E-state index contributed by atoms with van der Waals surface area (Å²) in [6.07, 6.45) is 3.86. The van der Waals surface area contributed by atoms with E-state index < -0.39 is 0 Å². The predicted molar refractivity (Wildman–Crippen MR) is 63.7 cm³/mol. The van der Waals surface area contributed by atoms with Crippen LogP contribution in [0, 0.1) is 0 Å². The molecule has 0 aromatic heterocycles. The number of amides is 1. The van der Waals surface area contributed by atoms with Gasteiger partial charge in [0, 0.05) is 6.54 Å². The zero-order valence-electron chi connectivity index (χ0n) is 10.3. The minimum Gasteiger partial charge on any atom is -0.355 e. The number of hydrogen-bond acceptors (Lipinski definition) is 3. The fourth-order valence-electron chi connectivity index (χ4n) is 1.29. The molecular weight excluding hydrogens is 190 g/mol. The van der Waals surface area contributed by atoms with Crippen molar-refractivity contribution in [3.05, 3.63) is 0 Å². The number of hydrogen-bond donors (Lipinski definition) is 2. The van der Waals surface area contributed by atoms with Crippen molar-refractivity contribution in [3.8, 4) is 0 Å². The highest BCUT2D eigenvalue weighted by molar-refractivity contribution is 5.81. The molecule has 1 amide bonds. The fourth-order valence-corrected chi connectivity index (χ4v) is 1.29. The van der Waals surface area contributed by atoms with Crippen LogP contribution in [0.4, 0.5) is 0 Å². The Morgan fingerprint density at radius 1 is 1.40 bits per heavy atom. The van der Waals surface area contributed by atoms with Gasteiger partial charge in [-0.1, -0.05) is 19.8 Å². The summed E-state index contributed by atoms with van der Waals surface area (Å²) in [5, 5.41) is 2.86. The van der Waals surface area contributed by atoms with Gasteiger partial charge in [-0.15, -0.1) is 0 Å². The lowest BCUT2D eigenvalue weighted by Gasteiger charge is -2.13. The maximum Gasteiger partial charge on any atom is 0.236 e. The molecule has 4 heteroatoms. The summed E-state index contributed by atoms with van der Waals surface area (Å²) in [6, 6.07) is -0.329. The van der Waals surface area contributed by atoms with Gasteiger partial charge in [-0.2, -0.15) is 0 Å². The van der Waals surface area contributed by atoms with E-state index in [9.17, 15) is 4.79 Å². The molecule has 3 N–H and O–H groups in total. The summed E-state index contributed by atoms with van der Waals surface area (Å²) < 4.78 is 0.